The van der Waals surface area contributed by atoms with Gasteiger partial charge < -0.3 is 5.32 Å². The van der Waals surface area contributed by atoms with Crippen molar-refractivity contribution >= 4 is 11.6 Å². The van der Waals surface area contributed by atoms with Crippen molar-refractivity contribution in [2.45, 2.75) is 13.3 Å². The molecule has 0 unspecified atom stereocenters. The third-order valence-corrected chi connectivity index (χ3v) is 2.21. The summed E-state index contributed by atoms with van der Waals surface area (Å²) >= 11 is 0. The molecule has 0 saturated heterocycles. The Morgan fingerprint density at radius 3 is 2.74 bits per heavy atom. The Morgan fingerprint density at radius 1 is 1.47 bits per heavy atom. The lowest BCUT2D eigenvalue weighted by Gasteiger charge is -2.05. The number of carbonyl (C=O) groups is 1. The molecule has 0 bridgehead atoms. The molecular formula is C12H10F2N2O3. The van der Waals surface area contributed by atoms with Crippen LogP contribution >= 0.6 is 0 Å². The van der Waals surface area contributed by atoms with E-state index >= 15 is 0 Å². The van der Waals surface area contributed by atoms with Crippen LogP contribution in [0.4, 0.5) is 14.5 Å². The highest BCUT2D eigenvalue weighted by Crippen LogP contribution is 2.22. The Kier molecular flexibility index (Phi) is 4.94. The van der Waals surface area contributed by atoms with Crippen LogP contribution in [0.3, 0.4) is 0 Å². The van der Waals surface area contributed by atoms with Gasteiger partial charge in [-0.05, 0) is 13.0 Å². The highest BCUT2D eigenvalue weighted by Gasteiger charge is 2.25. The molecule has 0 heterocycles. The predicted octanol–water partition coefficient (Wildman–Crippen LogP) is 2.02. The van der Waals surface area contributed by atoms with Gasteiger partial charge in [0, 0.05) is 19.0 Å². The summed E-state index contributed by atoms with van der Waals surface area (Å²) in [6.45, 7) is 1.71. The highest BCUT2D eigenvalue weighted by atomic mass is 19.1. The summed E-state index contributed by atoms with van der Waals surface area (Å²) in [7, 11) is 0. The third-order valence-electron chi connectivity index (χ3n) is 2.21. The standard InChI is InChI=1S/C12H10F2N2O3/c1-2-3-4-7-15-12(17)10-8(13)5-6-9(11(10)14)16(18)19/h5-6H,4,7H2,1H3,(H,15,17). The van der Waals surface area contributed by atoms with Gasteiger partial charge in [-0.25, -0.2) is 4.39 Å². The predicted molar refractivity (Wildman–Crippen MR) is 63.4 cm³/mol. The number of nitrogens with one attached hydrogen (secondary N) is 1. The van der Waals surface area contributed by atoms with Crippen LogP contribution in [-0.4, -0.2) is 17.4 Å². The van der Waals surface area contributed by atoms with Crippen molar-refractivity contribution in [2.75, 3.05) is 6.54 Å². The average molecular weight is 268 g/mol. The molecule has 19 heavy (non-hydrogen) atoms. The summed E-state index contributed by atoms with van der Waals surface area (Å²) in [4.78, 5) is 21.0. The Hall–Kier alpha value is -2.49. The van der Waals surface area contributed by atoms with Gasteiger partial charge >= 0.3 is 5.69 Å². The fourth-order valence-electron chi connectivity index (χ4n) is 1.34. The summed E-state index contributed by atoms with van der Waals surface area (Å²) in [5.41, 5.74) is -1.90. The first-order valence-electron chi connectivity index (χ1n) is 5.29. The second-order valence-corrected chi connectivity index (χ2v) is 3.45. The number of rotatable bonds is 4. The van der Waals surface area contributed by atoms with Gasteiger partial charge in [-0.3, -0.25) is 14.9 Å². The number of halogens is 2. The number of nitro groups is 1. The largest absolute Gasteiger partial charge is 0.351 e. The van der Waals surface area contributed by atoms with Gasteiger partial charge in [-0.15, -0.1) is 11.8 Å². The summed E-state index contributed by atoms with van der Waals surface area (Å²) in [6.07, 6.45) is 0.320. The van der Waals surface area contributed by atoms with Crippen molar-refractivity contribution in [1.82, 2.24) is 5.32 Å². The van der Waals surface area contributed by atoms with E-state index in [1.807, 2.05) is 0 Å². The van der Waals surface area contributed by atoms with E-state index in [1.165, 1.54) is 0 Å². The number of hydrogen-bond donors (Lipinski definition) is 1. The fraction of sp³-hybridized carbons (Fsp3) is 0.250. The van der Waals surface area contributed by atoms with Crippen LogP contribution in [0.5, 0.6) is 0 Å². The van der Waals surface area contributed by atoms with Crippen LogP contribution in [-0.2, 0) is 0 Å². The normalized spacial score (nSPS) is 9.42. The summed E-state index contributed by atoms with van der Waals surface area (Å²) in [5, 5.41) is 12.7. The monoisotopic (exact) mass is 268 g/mol. The maximum atomic E-state index is 13.6. The minimum Gasteiger partial charge on any atom is -0.351 e. The zero-order chi connectivity index (χ0) is 14.4. The fourth-order valence-corrected chi connectivity index (χ4v) is 1.34. The lowest BCUT2D eigenvalue weighted by molar-refractivity contribution is -0.387. The maximum absolute atomic E-state index is 13.6. The zero-order valence-corrected chi connectivity index (χ0v) is 10.00. The molecule has 1 aromatic carbocycles. The Balaban J connectivity index is 2.98. The van der Waals surface area contributed by atoms with Crippen LogP contribution in [0.15, 0.2) is 12.1 Å². The van der Waals surface area contributed by atoms with E-state index in [0.29, 0.717) is 18.6 Å². The number of benzene rings is 1. The molecule has 0 atom stereocenters. The van der Waals surface area contributed by atoms with E-state index in [4.69, 9.17) is 0 Å². The lowest BCUT2D eigenvalue weighted by atomic mass is 10.1. The van der Waals surface area contributed by atoms with E-state index < -0.39 is 33.7 Å². The van der Waals surface area contributed by atoms with Crippen LogP contribution in [0.2, 0.25) is 0 Å². The minimum absolute atomic E-state index is 0.0985. The second-order valence-electron chi connectivity index (χ2n) is 3.45. The summed E-state index contributed by atoms with van der Waals surface area (Å²) in [5.74, 6) is 1.56. The minimum atomic E-state index is -1.48. The van der Waals surface area contributed by atoms with E-state index in [1.54, 1.807) is 6.92 Å². The summed E-state index contributed by atoms with van der Waals surface area (Å²) < 4.78 is 27.0. The van der Waals surface area contributed by atoms with Crippen molar-refractivity contribution in [1.29, 1.82) is 0 Å². The molecule has 0 fully saturated rings. The molecule has 1 rings (SSSR count). The highest BCUT2D eigenvalue weighted by molar-refractivity contribution is 5.95. The van der Waals surface area contributed by atoms with Crippen molar-refractivity contribution in [3.63, 3.8) is 0 Å². The Morgan fingerprint density at radius 2 is 2.16 bits per heavy atom. The molecule has 1 N–H and O–H groups in total. The molecule has 7 heteroatoms. The van der Waals surface area contributed by atoms with Crippen molar-refractivity contribution in [3.8, 4) is 11.8 Å². The SMILES string of the molecule is CC#CCCNC(=O)c1c(F)ccc([N+](=O)[O-])c1F. The van der Waals surface area contributed by atoms with Crippen molar-refractivity contribution < 1.29 is 18.5 Å². The van der Waals surface area contributed by atoms with Crippen LogP contribution in [0.25, 0.3) is 0 Å². The van der Waals surface area contributed by atoms with Crippen LogP contribution in [0.1, 0.15) is 23.7 Å². The lowest BCUT2D eigenvalue weighted by Crippen LogP contribution is -2.26. The smallest absolute Gasteiger partial charge is 0.305 e. The molecule has 0 spiro atoms. The van der Waals surface area contributed by atoms with Crippen molar-refractivity contribution in [3.05, 3.63) is 39.4 Å². The maximum Gasteiger partial charge on any atom is 0.305 e. The average Bonchev–Trinajstić information content (AvgIpc) is 2.34. The van der Waals surface area contributed by atoms with Gasteiger partial charge in [0.25, 0.3) is 5.91 Å². The summed E-state index contributed by atoms with van der Waals surface area (Å²) in [6, 6.07) is 1.35. The first-order chi connectivity index (χ1) is 8.99. The van der Waals surface area contributed by atoms with Gasteiger partial charge in [0.2, 0.25) is 5.82 Å². The molecule has 0 aliphatic carbocycles. The zero-order valence-electron chi connectivity index (χ0n) is 10.00. The quantitative estimate of drug-likeness (QED) is 0.393. The molecule has 0 aromatic heterocycles. The van der Waals surface area contributed by atoms with Gasteiger partial charge in [0.05, 0.1) is 4.92 Å². The number of amides is 1. The van der Waals surface area contributed by atoms with E-state index in [-0.39, 0.29) is 6.54 Å². The molecule has 5 nitrogen and oxygen atoms in total. The van der Waals surface area contributed by atoms with Gasteiger partial charge in [0.1, 0.15) is 11.4 Å². The molecule has 0 aliphatic heterocycles. The molecule has 0 radical (unpaired) electrons. The van der Waals surface area contributed by atoms with E-state index in [9.17, 15) is 23.7 Å². The molecule has 0 saturated carbocycles. The van der Waals surface area contributed by atoms with Gasteiger partial charge in [-0.1, -0.05) is 0 Å². The number of hydrogen-bond acceptors (Lipinski definition) is 3. The van der Waals surface area contributed by atoms with Crippen LogP contribution < -0.4 is 5.32 Å². The molecular weight excluding hydrogens is 258 g/mol. The molecule has 1 aromatic rings. The van der Waals surface area contributed by atoms with Crippen molar-refractivity contribution in [2.24, 2.45) is 0 Å². The van der Waals surface area contributed by atoms with E-state index in [0.717, 1.165) is 0 Å². The van der Waals surface area contributed by atoms with Gasteiger partial charge in [0.15, 0.2) is 0 Å². The Labute approximate surface area is 107 Å². The molecule has 0 aliphatic rings. The first-order valence-corrected chi connectivity index (χ1v) is 5.29. The van der Waals surface area contributed by atoms with E-state index in [2.05, 4.69) is 17.2 Å². The number of nitrogens with zero attached hydrogens (tertiary/aromatic N) is 1. The Bertz CT molecular complexity index is 576. The first kappa shape index (κ1) is 14.6. The molecule has 100 valence electrons. The number of carbonyl (C=O) groups excluding carboxylic acids is 1. The second kappa shape index (κ2) is 6.44. The van der Waals surface area contributed by atoms with Crippen LogP contribution in [0, 0.1) is 33.6 Å². The third kappa shape index (κ3) is 3.48. The topological polar surface area (TPSA) is 72.2 Å². The molecule has 1 amide bonds. The number of nitro benzene ring substituents is 1. The van der Waals surface area contributed by atoms with Gasteiger partial charge in [-0.2, -0.15) is 4.39 Å².